The van der Waals surface area contributed by atoms with Gasteiger partial charge in [0.1, 0.15) is 5.60 Å². The summed E-state index contributed by atoms with van der Waals surface area (Å²) in [6.07, 6.45) is 1.30. The summed E-state index contributed by atoms with van der Waals surface area (Å²) >= 11 is 0. The van der Waals surface area contributed by atoms with Crippen LogP contribution in [-0.4, -0.2) is 40.9 Å². The van der Waals surface area contributed by atoms with E-state index in [4.69, 9.17) is 4.74 Å². The number of aliphatic hydroxyl groups is 1. The maximum Gasteiger partial charge on any atom is 0.410 e. The second-order valence-corrected chi connectivity index (χ2v) is 5.57. The number of hydrogen-bond acceptors (Lipinski definition) is 3. The highest BCUT2D eigenvalue weighted by Gasteiger charge is 2.29. The molecule has 1 fully saturated rings. The molecule has 1 rings (SSSR count). The minimum absolute atomic E-state index is 0.182. The molecule has 1 amide bonds. The summed E-state index contributed by atoms with van der Waals surface area (Å²) < 4.78 is 5.31. The number of likely N-dealkylation sites (tertiary alicyclic amines) is 1. The average Bonchev–Trinajstić information content (AvgIpc) is 2.15. The maximum atomic E-state index is 11.8. The lowest BCUT2D eigenvalue weighted by atomic mass is 9.94. The van der Waals surface area contributed by atoms with Crippen molar-refractivity contribution in [3.8, 4) is 0 Å². The molecule has 1 aliphatic rings. The molecule has 94 valence electrons. The normalized spacial score (nSPS) is 24.1. The number of carbonyl (C=O) groups excluding carboxylic acids is 1. The molecule has 1 unspecified atom stereocenters. The molecule has 4 heteroatoms. The lowest BCUT2D eigenvalue weighted by Gasteiger charge is -2.35. The van der Waals surface area contributed by atoms with Crippen LogP contribution >= 0.6 is 0 Å². The third-order valence-corrected chi connectivity index (χ3v) is 2.79. The van der Waals surface area contributed by atoms with E-state index >= 15 is 0 Å². The van der Waals surface area contributed by atoms with Crippen LogP contribution in [0.2, 0.25) is 0 Å². The summed E-state index contributed by atoms with van der Waals surface area (Å²) in [5, 5.41) is 9.53. The molecule has 16 heavy (non-hydrogen) atoms. The summed E-state index contributed by atoms with van der Waals surface area (Å²) in [6.45, 7) is 8.71. The minimum atomic E-state index is -0.450. The van der Waals surface area contributed by atoms with Crippen molar-refractivity contribution in [3.05, 3.63) is 0 Å². The predicted molar refractivity (Wildman–Crippen MR) is 62.2 cm³/mol. The van der Waals surface area contributed by atoms with Crippen LogP contribution in [0.4, 0.5) is 4.79 Å². The first-order valence-corrected chi connectivity index (χ1v) is 5.95. The van der Waals surface area contributed by atoms with Crippen LogP contribution in [0.5, 0.6) is 0 Å². The molecule has 0 bridgehead atoms. The Bertz CT molecular complexity index is 245. The second-order valence-electron chi connectivity index (χ2n) is 5.57. The topological polar surface area (TPSA) is 49.8 Å². The van der Waals surface area contributed by atoms with Gasteiger partial charge in [0.05, 0.1) is 6.10 Å². The Morgan fingerprint density at radius 2 is 2.12 bits per heavy atom. The molecule has 0 aliphatic carbocycles. The van der Waals surface area contributed by atoms with Gasteiger partial charge in [-0.15, -0.1) is 0 Å². The SMILES string of the molecule is C[C@H](O)C1CCCN(C(=O)OC(C)(C)C)C1. The number of ether oxygens (including phenoxy) is 1. The van der Waals surface area contributed by atoms with E-state index in [-0.39, 0.29) is 18.1 Å². The van der Waals surface area contributed by atoms with Crippen LogP contribution < -0.4 is 0 Å². The largest absolute Gasteiger partial charge is 0.444 e. The zero-order valence-corrected chi connectivity index (χ0v) is 10.7. The van der Waals surface area contributed by atoms with Crippen molar-refractivity contribution in [1.29, 1.82) is 0 Å². The predicted octanol–water partition coefficient (Wildman–Crippen LogP) is 2.01. The van der Waals surface area contributed by atoms with E-state index in [1.54, 1.807) is 11.8 Å². The second kappa shape index (κ2) is 5.04. The highest BCUT2D eigenvalue weighted by molar-refractivity contribution is 5.68. The van der Waals surface area contributed by atoms with Gasteiger partial charge in [0.2, 0.25) is 0 Å². The van der Waals surface area contributed by atoms with Gasteiger partial charge in [-0.05, 0) is 40.5 Å². The number of rotatable bonds is 1. The smallest absolute Gasteiger partial charge is 0.410 e. The van der Waals surface area contributed by atoms with Gasteiger partial charge in [0, 0.05) is 19.0 Å². The zero-order chi connectivity index (χ0) is 12.3. The number of carbonyl (C=O) groups is 1. The fourth-order valence-corrected chi connectivity index (χ4v) is 1.90. The van der Waals surface area contributed by atoms with Crippen molar-refractivity contribution in [3.63, 3.8) is 0 Å². The Kier molecular flexibility index (Phi) is 4.19. The van der Waals surface area contributed by atoms with Gasteiger partial charge in [-0.2, -0.15) is 0 Å². The first-order valence-electron chi connectivity index (χ1n) is 5.95. The number of amides is 1. The summed E-state index contributed by atoms with van der Waals surface area (Å²) in [7, 11) is 0. The molecular formula is C12H23NO3. The number of nitrogens with zero attached hydrogens (tertiary/aromatic N) is 1. The molecule has 1 N–H and O–H groups in total. The number of aliphatic hydroxyl groups excluding tert-OH is 1. The molecule has 1 aliphatic heterocycles. The fraction of sp³-hybridized carbons (Fsp3) is 0.917. The van der Waals surface area contributed by atoms with Crippen LogP contribution in [0.3, 0.4) is 0 Å². The monoisotopic (exact) mass is 229 g/mol. The number of hydrogen-bond donors (Lipinski definition) is 1. The summed E-state index contributed by atoms with van der Waals surface area (Å²) in [5.41, 5.74) is -0.450. The van der Waals surface area contributed by atoms with E-state index in [2.05, 4.69) is 0 Å². The van der Waals surface area contributed by atoms with Gasteiger partial charge in [-0.1, -0.05) is 0 Å². The minimum Gasteiger partial charge on any atom is -0.444 e. The molecule has 0 aromatic carbocycles. The third kappa shape index (κ3) is 4.00. The van der Waals surface area contributed by atoms with Crippen LogP contribution in [0.25, 0.3) is 0 Å². The zero-order valence-electron chi connectivity index (χ0n) is 10.7. The molecular weight excluding hydrogens is 206 g/mol. The van der Waals surface area contributed by atoms with E-state index in [9.17, 15) is 9.90 Å². The molecule has 1 heterocycles. The van der Waals surface area contributed by atoms with E-state index in [1.165, 1.54) is 0 Å². The summed E-state index contributed by atoms with van der Waals surface area (Å²) in [5.74, 6) is 0.182. The quantitative estimate of drug-likeness (QED) is 0.748. The van der Waals surface area contributed by atoms with Crippen molar-refractivity contribution < 1.29 is 14.6 Å². The highest BCUT2D eigenvalue weighted by atomic mass is 16.6. The highest BCUT2D eigenvalue weighted by Crippen LogP contribution is 2.21. The van der Waals surface area contributed by atoms with Gasteiger partial charge in [0.25, 0.3) is 0 Å². The molecule has 0 aromatic heterocycles. The Balaban J connectivity index is 2.50. The van der Waals surface area contributed by atoms with Gasteiger partial charge < -0.3 is 14.7 Å². The molecule has 4 nitrogen and oxygen atoms in total. The lowest BCUT2D eigenvalue weighted by molar-refractivity contribution is 0.00543. The molecule has 0 spiro atoms. The van der Waals surface area contributed by atoms with Crippen molar-refractivity contribution in [1.82, 2.24) is 4.90 Å². The lowest BCUT2D eigenvalue weighted by Crippen LogP contribution is -2.45. The van der Waals surface area contributed by atoms with E-state index in [1.807, 2.05) is 20.8 Å². The van der Waals surface area contributed by atoms with Crippen molar-refractivity contribution >= 4 is 6.09 Å². The fourth-order valence-electron chi connectivity index (χ4n) is 1.90. The Labute approximate surface area is 97.6 Å². The van der Waals surface area contributed by atoms with Crippen molar-refractivity contribution in [2.24, 2.45) is 5.92 Å². The molecule has 2 atom stereocenters. The molecule has 1 saturated heterocycles. The molecule has 0 saturated carbocycles. The van der Waals surface area contributed by atoms with Gasteiger partial charge >= 0.3 is 6.09 Å². The first kappa shape index (κ1) is 13.3. The Hall–Kier alpha value is -0.770. The van der Waals surface area contributed by atoms with Crippen LogP contribution in [0, 0.1) is 5.92 Å². The van der Waals surface area contributed by atoms with E-state index < -0.39 is 5.60 Å². The standard InChI is InChI=1S/C12H23NO3/c1-9(14)10-6-5-7-13(8-10)11(15)16-12(2,3)4/h9-10,14H,5-8H2,1-4H3/t9-,10?/m0/s1. The van der Waals surface area contributed by atoms with E-state index in [0.29, 0.717) is 6.54 Å². The molecule has 0 radical (unpaired) electrons. The van der Waals surface area contributed by atoms with Crippen LogP contribution in [0.1, 0.15) is 40.5 Å². The first-order chi connectivity index (χ1) is 7.29. The maximum absolute atomic E-state index is 11.8. The summed E-state index contributed by atoms with van der Waals surface area (Å²) in [4.78, 5) is 13.5. The Morgan fingerprint density at radius 3 is 2.62 bits per heavy atom. The van der Waals surface area contributed by atoms with Gasteiger partial charge in [-0.25, -0.2) is 4.79 Å². The third-order valence-electron chi connectivity index (χ3n) is 2.79. The number of piperidine rings is 1. The summed E-state index contributed by atoms with van der Waals surface area (Å²) in [6, 6.07) is 0. The Morgan fingerprint density at radius 1 is 1.50 bits per heavy atom. The molecule has 0 aromatic rings. The van der Waals surface area contributed by atoms with Crippen LogP contribution in [0.15, 0.2) is 0 Å². The van der Waals surface area contributed by atoms with Gasteiger partial charge in [0.15, 0.2) is 0 Å². The van der Waals surface area contributed by atoms with Crippen molar-refractivity contribution in [2.45, 2.75) is 52.2 Å². The van der Waals surface area contributed by atoms with Gasteiger partial charge in [-0.3, -0.25) is 0 Å². The van der Waals surface area contributed by atoms with Crippen LogP contribution in [-0.2, 0) is 4.74 Å². The average molecular weight is 229 g/mol. The van der Waals surface area contributed by atoms with Crippen molar-refractivity contribution in [2.75, 3.05) is 13.1 Å². The van der Waals surface area contributed by atoms with E-state index in [0.717, 1.165) is 19.4 Å².